The highest BCUT2D eigenvalue weighted by molar-refractivity contribution is 7.19. The molecule has 0 spiro atoms. The Morgan fingerprint density at radius 3 is 3.06 bits per heavy atom. The van der Waals surface area contributed by atoms with Crippen molar-refractivity contribution in [2.24, 2.45) is 0 Å². The molecule has 3 aromatic heterocycles. The molecule has 0 saturated carbocycles. The average Bonchev–Trinajstić information content (AvgIpc) is 3.00. The Morgan fingerprint density at radius 2 is 2.17 bits per heavy atom. The van der Waals surface area contributed by atoms with Gasteiger partial charge in [-0.15, -0.1) is 28.0 Å². The number of hydrogen-bond donors (Lipinski definition) is 0. The first-order valence-electron chi connectivity index (χ1n) is 5.95. The van der Waals surface area contributed by atoms with E-state index in [4.69, 9.17) is 11.6 Å². The zero-order valence-electron chi connectivity index (χ0n) is 9.56. The van der Waals surface area contributed by atoms with Gasteiger partial charge in [0, 0.05) is 4.88 Å². The van der Waals surface area contributed by atoms with Crippen LogP contribution < -0.4 is 0 Å². The van der Waals surface area contributed by atoms with Gasteiger partial charge in [-0.25, -0.2) is 4.98 Å². The number of rotatable bonds is 1. The standard InChI is InChI=1S/C11H10ClN5S/c12-5-8-13-11-9(10-14-15-16-17(8)10)6-3-1-2-4-7(6)18-11/h1-5H2. The number of tetrazole rings is 1. The van der Waals surface area contributed by atoms with Crippen LogP contribution in [0, 0.1) is 0 Å². The van der Waals surface area contributed by atoms with Gasteiger partial charge in [0.1, 0.15) is 4.83 Å². The number of thiophene rings is 1. The highest BCUT2D eigenvalue weighted by Crippen LogP contribution is 2.37. The summed E-state index contributed by atoms with van der Waals surface area (Å²) < 4.78 is 1.66. The third-order valence-electron chi connectivity index (χ3n) is 3.44. The zero-order valence-corrected chi connectivity index (χ0v) is 11.1. The van der Waals surface area contributed by atoms with E-state index in [-0.39, 0.29) is 0 Å². The van der Waals surface area contributed by atoms with Gasteiger partial charge in [-0.2, -0.15) is 4.52 Å². The molecule has 5 nitrogen and oxygen atoms in total. The van der Waals surface area contributed by atoms with E-state index in [0.29, 0.717) is 11.7 Å². The van der Waals surface area contributed by atoms with Gasteiger partial charge in [0.15, 0.2) is 11.5 Å². The molecule has 0 bridgehead atoms. The molecule has 7 heteroatoms. The van der Waals surface area contributed by atoms with E-state index in [0.717, 1.165) is 28.7 Å². The van der Waals surface area contributed by atoms with Crippen molar-refractivity contribution in [2.45, 2.75) is 31.6 Å². The maximum Gasteiger partial charge on any atom is 0.191 e. The largest absolute Gasteiger partial charge is 0.220 e. The fraction of sp³-hybridized carbons (Fsp3) is 0.455. The van der Waals surface area contributed by atoms with E-state index in [1.54, 1.807) is 15.9 Å². The quantitative estimate of drug-likeness (QED) is 0.642. The summed E-state index contributed by atoms with van der Waals surface area (Å²) in [4.78, 5) is 7.08. The molecule has 3 heterocycles. The van der Waals surface area contributed by atoms with Crippen LogP contribution in [0.4, 0.5) is 0 Å². The van der Waals surface area contributed by atoms with Gasteiger partial charge in [0.2, 0.25) is 0 Å². The van der Waals surface area contributed by atoms with E-state index in [2.05, 4.69) is 20.5 Å². The molecule has 0 atom stereocenters. The lowest BCUT2D eigenvalue weighted by molar-refractivity contribution is 0.700. The molecule has 0 aromatic carbocycles. The molecule has 0 N–H and O–H groups in total. The minimum absolute atomic E-state index is 0.319. The topological polar surface area (TPSA) is 56.0 Å². The van der Waals surface area contributed by atoms with Gasteiger partial charge >= 0.3 is 0 Å². The van der Waals surface area contributed by atoms with Gasteiger partial charge in [0.05, 0.1) is 11.3 Å². The van der Waals surface area contributed by atoms with Gasteiger partial charge in [-0.05, 0) is 41.7 Å². The van der Waals surface area contributed by atoms with Crippen molar-refractivity contribution in [3.05, 3.63) is 16.3 Å². The Balaban J connectivity index is 2.18. The van der Waals surface area contributed by atoms with Crippen LogP contribution in [0.3, 0.4) is 0 Å². The molecule has 0 saturated heterocycles. The lowest BCUT2D eigenvalue weighted by atomic mass is 9.97. The lowest BCUT2D eigenvalue weighted by Gasteiger charge is -2.10. The second kappa shape index (κ2) is 3.86. The number of alkyl halides is 1. The summed E-state index contributed by atoms with van der Waals surface area (Å²) in [5.74, 6) is 1.03. The van der Waals surface area contributed by atoms with Crippen LogP contribution in [0.15, 0.2) is 0 Å². The van der Waals surface area contributed by atoms with Crippen molar-refractivity contribution in [3.63, 3.8) is 0 Å². The summed E-state index contributed by atoms with van der Waals surface area (Å²) in [5, 5.41) is 13.0. The first kappa shape index (κ1) is 10.6. The summed E-state index contributed by atoms with van der Waals surface area (Å²) in [6.45, 7) is 0. The van der Waals surface area contributed by atoms with Crippen LogP contribution in [0.2, 0.25) is 0 Å². The van der Waals surface area contributed by atoms with Crippen molar-refractivity contribution >= 4 is 38.8 Å². The highest BCUT2D eigenvalue weighted by atomic mass is 35.5. The smallest absolute Gasteiger partial charge is 0.191 e. The van der Waals surface area contributed by atoms with Crippen LogP contribution >= 0.6 is 22.9 Å². The van der Waals surface area contributed by atoms with Crippen molar-refractivity contribution in [1.82, 2.24) is 25.0 Å². The number of hydrogen-bond acceptors (Lipinski definition) is 5. The molecule has 0 amide bonds. The van der Waals surface area contributed by atoms with Crippen molar-refractivity contribution in [2.75, 3.05) is 0 Å². The third kappa shape index (κ3) is 1.33. The molecule has 0 fully saturated rings. The molecule has 4 rings (SSSR count). The Labute approximate surface area is 112 Å². The Bertz CT molecular complexity index is 747. The second-order valence-corrected chi connectivity index (χ2v) is 5.82. The summed E-state index contributed by atoms with van der Waals surface area (Å²) in [6.07, 6.45) is 4.77. The summed E-state index contributed by atoms with van der Waals surface area (Å²) in [7, 11) is 0. The maximum absolute atomic E-state index is 5.92. The Kier molecular flexibility index (Phi) is 2.28. The van der Waals surface area contributed by atoms with Crippen molar-refractivity contribution in [3.8, 4) is 0 Å². The SMILES string of the molecule is ClCc1nc2sc3c(c2c2nnnn12)CCCC3. The van der Waals surface area contributed by atoms with Crippen LogP contribution in [-0.2, 0) is 18.7 Å². The number of halogens is 1. The summed E-state index contributed by atoms with van der Waals surface area (Å²) >= 11 is 7.68. The molecular formula is C11H10ClN5S. The molecule has 1 aliphatic carbocycles. The molecular weight excluding hydrogens is 270 g/mol. The zero-order chi connectivity index (χ0) is 12.1. The molecule has 1 aliphatic rings. The van der Waals surface area contributed by atoms with Gasteiger partial charge in [-0.3, -0.25) is 0 Å². The Morgan fingerprint density at radius 1 is 1.28 bits per heavy atom. The number of fused-ring (bicyclic) bond motifs is 5. The summed E-state index contributed by atoms with van der Waals surface area (Å²) in [6, 6.07) is 0. The van der Waals surface area contributed by atoms with Crippen molar-refractivity contribution < 1.29 is 0 Å². The van der Waals surface area contributed by atoms with Crippen LogP contribution in [0.25, 0.3) is 15.9 Å². The minimum Gasteiger partial charge on any atom is -0.220 e. The molecule has 18 heavy (non-hydrogen) atoms. The van der Waals surface area contributed by atoms with Gasteiger partial charge in [0.25, 0.3) is 0 Å². The first-order chi connectivity index (χ1) is 8.88. The third-order valence-corrected chi connectivity index (χ3v) is 4.87. The molecule has 0 aliphatic heterocycles. The maximum atomic E-state index is 5.92. The van der Waals surface area contributed by atoms with E-state index in [1.807, 2.05) is 0 Å². The normalized spacial score (nSPS) is 15.4. The predicted molar refractivity (Wildman–Crippen MR) is 70.2 cm³/mol. The van der Waals surface area contributed by atoms with Gasteiger partial charge < -0.3 is 0 Å². The average molecular weight is 280 g/mol. The van der Waals surface area contributed by atoms with Crippen molar-refractivity contribution in [1.29, 1.82) is 0 Å². The lowest BCUT2D eigenvalue weighted by Crippen LogP contribution is -2.02. The molecule has 92 valence electrons. The predicted octanol–water partition coefficient (Wildman–Crippen LogP) is 2.35. The summed E-state index contributed by atoms with van der Waals surface area (Å²) in [5.41, 5.74) is 2.20. The second-order valence-electron chi connectivity index (χ2n) is 4.47. The molecule has 0 unspecified atom stereocenters. The monoisotopic (exact) mass is 279 g/mol. The van der Waals surface area contributed by atoms with Crippen LogP contribution in [0.5, 0.6) is 0 Å². The number of nitrogens with zero attached hydrogens (tertiary/aromatic N) is 5. The van der Waals surface area contributed by atoms with E-state index < -0.39 is 0 Å². The molecule has 3 aromatic rings. The van der Waals surface area contributed by atoms with E-state index >= 15 is 0 Å². The van der Waals surface area contributed by atoms with E-state index in [9.17, 15) is 0 Å². The van der Waals surface area contributed by atoms with E-state index in [1.165, 1.54) is 23.3 Å². The highest BCUT2D eigenvalue weighted by Gasteiger charge is 2.21. The molecule has 0 radical (unpaired) electrons. The Hall–Kier alpha value is -1.27. The number of aromatic nitrogens is 5. The minimum atomic E-state index is 0.319. The fourth-order valence-electron chi connectivity index (χ4n) is 2.63. The number of aryl methyl sites for hydroxylation is 2. The van der Waals surface area contributed by atoms with Crippen LogP contribution in [-0.4, -0.2) is 25.0 Å². The fourth-order valence-corrected chi connectivity index (χ4v) is 4.08. The van der Waals surface area contributed by atoms with Crippen LogP contribution in [0.1, 0.15) is 29.1 Å². The first-order valence-corrected chi connectivity index (χ1v) is 7.31. The van der Waals surface area contributed by atoms with Gasteiger partial charge in [-0.1, -0.05) is 0 Å².